The van der Waals surface area contributed by atoms with Crippen molar-refractivity contribution in [2.75, 3.05) is 6.61 Å². The SMILES string of the molecule is O=C(Cc1ccc(Cl)cc1Cl)NC(CO)C(=O)O. The van der Waals surface area contributed by atoms with Crippen molar-refractivity contribution in [1.29, 1.82) is 0 Å². The number of aliphatic hydroxyl groups is 1. The maximum absolute atomic E-state index is 11.5. The van der Waals surface area contributed by atoms with Crippen LogP contribution in [-0.4, -0.2) is 34.7 Å². The van der Waals surface area contributed by atoms with Crippen LogP contribution in [0.2, 0.25) is 10.0 Å². The fourth-order valence-corrected chi connectivity index (χ4v) is 1.74. The topological polar surface area (TPSA) is 86.6 Å². The molecule has 1 amide bonds. The Morgan fingerprint density at radius 2 is 2.00 bits per heavy atom. The van der Waals surface area contributed by atoms with Crippen molar-refractivity contribution in [2.24, 2.45) is 0 Å². The van der Waals surface area contributed by atoms with Crippen molar-refractivity contribution in [1.82, 2.24) is 5.32 Å². The lowest BCUT2D eigenvalue weighted by Gasteiger charge is -2.12. The zero-order valence-corrected chi connectivity index (χ0v) is 10.7. The van der Waals surface area contributed by atoms with Crippen LogP contribution in [0, 0.1) is 0 Å². The molecule has 0 saturated carbocycles. The first-order valence-corrected chi connectivity index (χ1v) is 5.76. The predicted octanol–water partition coefficient (Wildman–Crippen LogP) is 1.10. The Balaban J connectivity index is 2.67. The summed E-state index contributed by atoms with van der Waals surface area (Å²) < 4.78 is 0. The van der Waals surface area contributed by atoms with Gasteiger partial charge in [0, 0.05) is 10.0 Å². The number of carbonyl (C=O) groups excluding carboxylic acids is 1. The summed E-state index contributed by atoms with van der Waals surface area (Å²) >= 11 is 11.6. The number of benzene rings is 1. The van der Waals surface area contributed by atoms with Gasteiger partial charge in [0.15, 0.2) is 0 Å². The molecule has 0 aliphatic carbocycles. The van der Waals surface area contributed by atoms with Gasteiger partial charge in [-0.3, -0.25) is 4.79 Å². The van der Waals surface area contributed by atoms with Crippen LogP contribution in [0.15, 0.2) is 18.2 Å². The number of hydrogen-bond donors (Lipinski definition) is 3. The zero-order chi connectivity index (χ0) is 13.7. The van der Waals surface area contributed by atoms with E-state index in [2.05, 4.69) is 5.32 Å². The van der Waals surface area contributed by atoms with Gasteiger partial charge in [-0.2, -0.15) is 0 Å². The first kappa shape index (κ1) is 14.8. The van der Waals surface area contributed by atoms with Gasteiger partial charge in [0.1, 0.15) is 6.04 Å². The fourth-order valence-electron chi connectivity index (χ4n) is 1.27. The molecule has 0 aromatic heterocycles. The number of aliphatic hydroxyl groups excluding tert-OH is 1. The normalized spacial score (nSPS) is 11.9. The van der Waals surface area contributed by atoms with E-state index in [0.29, 0.717) is 15.6 Å². The number of nitrogens with one attached hydrogen (secondary N) is 1. The van der Waals surface area contributed by atoms with Crippen molar-refractivity contribution < 1.29 is 19.8 Å². The third-order valence-electron chi connectivity index (χ3n) is 2.18. The highest BCUT2D eigenvalue weighted by Gasteiger charge is 2.19. The van der Waals surface area contributed by atoms with E-state index in [4.69, 9.17) is 33.4 Å². The van der Waals surface area contributed by atoms with Crippen LogP contribution < -0.4 is 5.32 Å². The quantitative estimate of drug-likeness (QED) is 0.758. The summed E-state index contributed by atoms with van der Waals surface area (Å²) in [5, 5.41) is 20.4. The second-order valence-corrected chi connectivity index (χ2v) is 4.40. The van der Waals surface area contributed by atoms with Crippen LogP contribution in [0.1, 0.15) is 5.56 Å². The average Bonchev–Trinajstić information content (AvgIpc) is 2.29. The second kappa shape index (κ2) is 6.58. The molecule has 0 spiro atoms. The first-order chi connectivity index (χ1) is 8.43. The Labute approximate surface area is 113 Å². The second-order valence-electron chi connectivity index (χ2n) is 3.55. The summed E-state index contributed by atoms with van der Waals surface area (Å²) in [6, 6.07) is 3.34. The number of carbonyl (C=O) groups is 2. The number of rotatable bonds is 5. The van der Waals surface area contributed by atoms with Crippen LogP contribution in [0.5, 0.6) is 0 Å². The molecule has 0 radical (unpaired) electrons. The van der Waals surface area contributed by atoms with E-state index < -0.39 is 24.5 Å². The Morgan fingerprint density at radius 1 is 1.33 bits per heavy atom. The van der Waals surface area contributed by atoms with E-state index in [1.807, 2.05) is 0 Å². The summed E-state index contributed by atoms with van der Waals surface area (Å²) in [6.45, 7) is -0.671. The number of halogens is 2. The molecule has 0 fully saturated rings. The molecule has 1 rings (SSSR count). The molecule has 1 unspecified atom stereocenters. The maximum atomic E-state index is 11.5. The van der Waals surface area contributed by atoms with Gasteiger partial charge in [0.05, 0.1) is 13.0 Å². The molecule has 5 nitrogen and oxygen atoms in total. The highest BCUT2D eigenvalue weighted by atomic mass is 35.5. The van der Waals surface area contributed by atoms with E-state index >= 15 is 0 Å². The molecule has 1 aromatic rings. The molecular formula is C11H11Cl2NO4. The molecule has 7 heteroatoms. The molecule has 1 atom stereocenters. The highest BCUT2D eigenvalue weighted by Crippen LogP contribution is 2.21. The predicted molar refractivity (Wildman–Crippen MR) is 66.8 cm³/mol. The van der Waals surface area contributed by atoms with Crippen LogP contribution >= 0.6 is 23.2 Å². The molecular weight excluding hydrogens is 281 g/mol. The molecule has 1 aromatic carbocycles. The van der Waals surface area contributed by atoms with Gasteiger partial charge in [-0.15, -0.1) is 0 Å². The minimum atomic E-state index is -1.32. The number of amides is 1. The molecule has 18 heavy (non-hydrogen) atoms. The van der Waals surface area contributed by atoms with Crippen molar-refractivity contribution in [2.45, 2.75) is 12.5 Å². The van der Waals surface area contributed by atoms with E-state index in [0.717, 1.165) is 0 Å². The smallest absolute Gasteiger partial charge is 0.328 e. The van der Waals surface area contributed by atoms with Crippen LogP contribution in [0.4, 0.5) is 0 Å². The Morgan fingerprint density at radius 3 is 2.50 bits per heavy atom. The van der Waals surface area contributed by atoms with E-state index in [-0.39, 0.29) is 6.42 Å². The van der Waals surface area contributed by atoms with E-state index in [1.54, 1.807) is 12.1 Å². The molecule has 0 aliphatic rings. The summed E-state index contributed by atoms with van der Waals surface area (Å²) in [6.07, 6.45) is -0.0835. The molecule has 3 N–H and O–H groups in total. The molecule has 0 saturated heterocycles. The number of hydrogen-bond acceptors (Lipinski definition) is 3. The molecule has 0 bridgehead atoms. The van der Waals surface area contributed by atoms with Gasteiger partial charge in [-0.25, -0.2) is 4.79 Å². The minimum absolute atomic E-state index is 0.0835. The Kier molecular flexibility index (Phi) is 5.40. The standard InChI is InChI=1S/C11H11Cl2NO4/c12-7-2-1-6(8(13)4-7)3-10(16)14-9(5-15)11(17)18/h1-2,4,9,15H,3,5H2,(H,14,16)(H,17,18). The summed E-state index contributed by atoms with van der Waals surface area (Å²) in [7, 11) is 0. The summed E-state index contributed by atoms with van der Waals surface area (Å²) in [4.78, 5) is 22.2. The van der Waals surface area contributed by atoms with Crippen molar-refractivity contribution in [3.63, 3.8) is 0 Å². The highest BCUT2D eigenvalue weighted by molar-refractivity contribution is 6.35. The van der Waals surface area contributed by atoms with E-state index in [1.165, 1.54) is 6.07 Å². The lowest BCUT2D eigenvalue weighted by atomic mass is 10.1. The summed E-state index contributed by atoms with van der Waals surface area (Å²) in [5.74, 6) is -1.84. The van der Waals surface area contributed by atoms with Gasteiger partial charge in [-0.05, 0) is 17.7 Å². The summed E-state index contributed by atoms with van der Waals surface area (Å²) in [5.41, 5.74) is 0.528. The Bertz CT molecular complexity index is 464. The van der Waals surface area contributed by atoms with Crippen LogP contribution in [0.25, 0.3) is 0 Å². The minimum Gasteiger partial charge on any atom is -0.480 e. The molecule has 0 aliphatic heterocycles. The number of carboxylic acids is 1. The van der Waals surface area contributed by atoms with Crippen molar-refractivity contribution >= 4 is 35.1 Å². The van der Waals surface area contributed by atoms with Crippen molar-refractivity contribution in [3.8, 4) is 0 Å². The lowest BCUT2D eigenvalue weighted by molar-refractivity contribution is -0.142. The van der Waals surface area contributed by atoms with Gasteiger partial charge < -0.3 is 15.5 Å². The Hall–Kier alpha value is -1.30. The van der Waals surface area contributed by atoms with Crippen LogP contribution in [-0.2, 0) is 16.0 Å². The number of aliphatic carboxylic acids is 1. The first-order valence-electron chi connectivity index (χ1n) is 5.01. The molecule has 0 heterocycles. The van der Waals surface area contributed by atoms with Gasteiger partial charge >= 0.3 is 5.97 Å². The van der Waals surface area contributed by atoms with E-state index in [9.17, 15) is 9.59 Å². The van der Waals surface area contributed by atoms with Crippen LogP contribution in [0.3, 0.4) is 0 Å². The largest absolute Gasteiger partial charge is 0.480 e. The van der Waals surface area contributed by atoms with Gasteiger partial charge in [0.2, 0.25) is 5.91 Å². The van der Waals surface area contributed by atoms with Gasteiger partial charge in [0.25, 0.3) is 0 Å². The fraction of sp³-hybridized carbons (Fsp3) is 0.273. The maximum Gasteiger partial charge on any atom is 0.328 e. The monoisotopic (exact) mass is 291 g/mol. The number of carboxylic acid groups (broad SMARTS) is 1. The van der Waals surface area contributed by atoms with Crippen molar-refractivity contribution in [3.05, 3.63) is 33.8 Å². The zero-order valence-electron chi connectivity index (χ0n) is 9.19. The third kappa shape index (κ3) is 4.18. The average molecular weight is 292 g/mol. The molecule has 98 valence electrons. The lowest BCUT2D eigenvalue weighted by Crippen LogP contribution is -2.43. The third-order valence-corrected chi connectivity index (χ3v) is 2.77. The van der Waals surface area contributed by atoms with Gasteiger partial charge in [-0.1, -0.05) is 29.3 Å².